The highest BCUT2D eigenvalue weighted by molar-refractivity contribution is 5.48. The predicted molar refractivity (Wildman–Crippen MR) is 86.1 cm³/mol. The predicted octanol–water partition coefficient (Wildman–Crippen LogP) is 3.20. The van der Waals surface area contributed by atoms with Crippen molar-refractivity contribution in [3.63, 3.8) is 0 Å². The van der Waals surface area contributed by atoms with E-state index in [0.29, 0.717) is 18.6 Å². The van der Waals surface area contributed by atoms with Gasteiger partial charge in [0, 0.05) is 5.10 Å². The standard InChI is InChI=1S/C18H26N3O/c1-6-13(3)16-9-22-10-17-19-21(11-20(16)17)18-14(4)7-12(2)8-15(18)5/h7-8,11,13,16H,6,9-10H2,1-5H3/q+1/t13?,16-/m1/s1. The molecule has 1 aliphatic heterocycles. The second kappa shape index (κ2) is 5.84. The molecule has 0 radical (unpaired) electrons. The van der Waals surface area contributed by atoms with Crippen molar-refractivity contribution in [2.45, 2.75) is 53.7 Å². The quantitative estimate of drug-likeness (QED) is 0.815. The highest BCUT2D eigenvalue weighted by Gasteiger charge is 2.33. The van der Waals surface area contributed by atoms with Gasteiger partial charge in [-0.2, -0.15) is 0 Å². The van der Waals surface area contributed by atoms with Crippen molar-refractivity contribution in [3.05, 3.63) is 41.0 Å². The van der Waals surface area contributed by atoms with Crippen LogP contribution in [-0.4, -0.2) is 16.4 Å². The summed E-state index contributed by atoms with van der Waals surface area (Å²) in [6.07, 6.45) is 3.30. The Morgan fingerprint density at radius 1 is 1.32 bits per heavy atom. The summed E-state index contributed by atoms with van der Waals surface area (Å²) in [6, 6.07) is 4.82. The van der Waals surface area contributed by atoms with Crippen molar-refractivity contribution in [1.82, 2.24) is 9.78 Å². The Kier molecular flexibility index (Phi) is 4.04. The second-order valence-electron chi connectivity index (χ2n) is 6.60. The Bertz CT molecular complexity index is 667. The normalized spacial score (nSPS) is 19.0. The van der Waals surface area contributed by atoms with Crippen LogP contribution in [0.5, 0.6) is 0 Å². The topological polar surface area (TPSA) is 30.9 Å². The molecule has 2 atom stereocenters. The largest absolute Gasteiger partial charge is 0.367 e. The highest BCUT2D eigenvalue weighted by atomic mass is 16.5. The maximum absolute atomic E-state index is 5.76. The number of rotatable bonds is 3. The van der Waals surface area contributed by atoms with E-state index in [-0.39, 0.29) is 0 Å². The van der Waals surface area contributed by atoms with Gasteiger partial charge in [0.2, 0.25) is 6.33 Å². The van der Waals surface area contributed by atoms with Gasteiger partial charge in [-0.3, -0.25) is 0 Å². The minimum atomic E-state index is 0.383. The highest BCUT2D eigenvalue weighted by Crippen LogP contribution is 2.23. The first-order chi connectivity index (χ1) is 10.5. The first kappa shape index (κ1) is 15.2. The molecule has 2 aromatic rings. The Labute approximate surface area is 132 Å². The zero-order valence-corrected chi connectivity index (χ0v) is 14.3. The molecule has 4 nitrogen and oxygen atoms in total. The lowest BCUT2D eigenvalue weighted by Crippen LogP contribution is -2.50. The summed E-state index contributed by atoms with van der Waals surface area (Å²) >= 11 is 0. The van der Waals surface area contributed by atoms with Crippen LogP contribution in [-0.2, 0) is 11.3 Å². The van der Waals surface area contributed by atoms with Crippen LogP contribution in [0, 0.1) is 26.7 Å². The van der Waals surface area contributed by atoms with Gasteiger partial charge in [-0.25, -0.2) is 4.57 Å². The molecule has 4 heteroatoms. The number of fused-ring (bicyclic) bond motifs is 1. The summed E-state index contributed by atoms with van der Waals surface area (Å²) < 4.78 is 10.1. The first-order valence-electron chi connectivity index (χ1n) is 8.17. The van der Waals surface area contributed by atoms with Crippen molar-refractivity contribution in [3.8, 4) is 5.69 Å². The Balaban J connectivity index is 2.07. The summed E-state index contributed by atoms with van der Waals surface area (Å²) in [4.78, 5) is 0. The molecule has 0 fully saturated rings. The van der Waals surface area contributed by atoms with Gasteiger partial charge in [-0.05, 0) is 37.8 Å². The molecule has 0 N–H and O–H groups in total. The molecule has 3 rings (SSSR count). The van der Waals surface area contributed by atoms with Crippen LogP contribution < -0.4 is 4.57 Å². The van der Waals surface area contributed by atoms with E-state index < -0.39 is 0 Å². The van der Waals surface area contributed by atoms with Crippen LogP contribution in [0.15, 0.2) is 18.5 Å². The third kappa shape index (κ3) is 2.56. The van der Waals surface area contributed by atoms with Gasteiger partial charge in [0.05, 0.1) is 6.61 Å². The van der Waals surface area contributed by atoms with Gasteiger partial charge < -0.3 is 4.74 Å². The fourth-order valence-corrected chi connectivity index (χ4v) is 3.47. The van der Waals surface area contributed by atoms with Crippen LogP contribution in [0.4, 0.5) is 0 Å². The number of aryl methyl sites for hydroxylation is 3. The molecule has 0 amide bonds. The van der Waals surface area contributed by atoms with Crippen molar-refractivity contribution in [2.24, 2.45) is 5.92 Å². The Morgan fingerprint density at radius 2 is 2.00 bits per heavy atom. The van der Waals surface area contributed by atoms with Gasteiger partial charge in [-0.1, -0.05) is 42.6 Å². The van der Waals surface area contributed by atoms with Crippen molar-refractivity contribution in [1.29, 1.82) is 0 Å². The number of hydrogen-bond acceptors (Lipinski definition) is 2. The zero-order chi connectivity index (χ0) is 15.9. The molecule has 1 aliphatic rings. The number of ether oxygens (including phenoxy) is 1. The van der Waals surface area contributed by atoms with Gasteiger partial charge in [-0.15, -0.1) is 0 Å². The molecule has 0 aliphatic carbocycles. The fourth-order valence-electron chi connectivity index (χ4n) is 3.47. The average Bonchev–Trinajstić information content (AvgIpc) is 2.88. The third-order valence-electron chi connectivity index (χ3n) is 4.80. The van der Waals surface area contributed by atoms with Crippen molar-refractivity contribution >= 4 is 0 Å². The maximum Gasteiger partial charge on any atom is 0.304 e. The summed E-state index contributed by atoms with van der Waals surface area (Å²) in [5.41, 5.74) is 5.01. The summed E-state index contributed by atoms with van der Waals surface area (Å²) in [5, 5.41) is 4.79. The number of hydrogen-bond donors (Lipinski definition) is 0. The van der Waals surface area contributed by atoms with Crippen LogP contribution in [0.25, 0.3) is 5.69 Å². The van der Waals surface area contributed by atoms with E-state index in [1.807, 2.05) is 4.68 Å². The molecule has 0 saturated carbocycles. The lowest BCUT2D eigenvalue weighted by Gasteiger charge is -2.24. The summed E-state index contributed by atoms with van der Waals surface area (Å²) in [5.74, 6) is 1.61. The second-order valence-corrected chi connectivity index (χ2v) is 6.60. The SMILES string of the molecule is CCC(C)[C@H]1COCc2nn(-c3c(C)cc(C)cc3C)c[n+]21. The maximum atomic E-state index is 5.76. The molecule has 1 unspecified atom stereocenters. The molecule has 0 bridgehead atoms. The molecule has 1 aromatic carbocycles. The molecular weight excluding hydrogens is 274 g/mol. The monoisotopic (exact) mass is 300 g/mol. The van der Waals surface area contributed by atoms with Gasteiger partial charge in [0.15, 0.2) is 0 Å². The molecule has 0 saturated heterocycles. The van der Waals surface area contributed by atoms with E-state index >= 15 is 0 Å². The van der Waals surface area contributed by atoms with Gasteiger partial charge in [0.25, 0.3) is 0 Å². The lowest BCUT2D eigenvalue weighted by atomic mass is 9.99. The summed E-state index contributed by atoms with van der Waals surface area (Å²) in [7, 11) is 0. The minimum absolute atomic E-state index is 0.383. The molecule has 2 heterocycles. The van der Waals surface area contributed by atoms with Crippen LogP contribution >= 0.6 is 0 Å². The minimum Gasteiger partial charge on any atom is -0.367 e. The van der Waals surface area contributed by atoms with E-state index in [1.54, 1.807) is 0 Å². The Hall–Kier alpha value is -1.68. The van der Waals surface area contributed by atoms with E-state index in [4.69, 9.17) is 9.84 Å². The fraction of sp³-hybridized carbons (Fsp3) is 0.556. The smallest absolute Gasteiger partial charge is 0.304 e. The summed E-state index contributed by atoms with van der Waals surface area (Å²) in [6.45, 7) is 12.4. The average molecular weight is 300 g/mol. The Morgan fingerprint density at radius 3 is 2.64 bits per heavy atom. The van der Waals surface area contributed by atoms with Crippen molar-refractivity contribution < 1.29 is 9.30 Å². The molecule has 118 valence electrons. The number of nitrogens with zero attached hydrogens (tertiary/aromatic N) is 3. The van der Waals surface area contributed by atoms with E-state index in [0.717, 1.165) is 18.9 Å². The zero-order valence-electron chi connectivity index (χ0n) is 14.3. The van der Waals surface area contributed by atoms with Crippen molar-refractivity contribution in [2.75, 3.05) is 6.61 Å². The number of benzene rings is 1. The van der Waals surface area contributed by atoms with Crippen LogP contribution in [0.3, 0.4) is 0 Å². The molecule has 0 spiro atoms. The van der Waals surface area contributed by atoms with E-state index in [1.165, 1.54) is 22.4 Å². The third-order valence-corrected chi connectivity index (χ3v) is 4.80. The van der Waals surface area contributed by atoms with Crippen LogP contribution in [0.2, 0.25) is 0 Å². The molecular formula is C18H26N3O+. The number of aromatic nitrogens is 3. The van der Waals surface area contributed by atoms with E-state index in [9.17, 15) is 0 Å². The van der Waals surface area contributed by atoms with Gasteiger partial charge in [0.1, 0.15) is 18.3 Å². The first-order valence-corrected chi connectivity index (χ1v) is 8.17. The van der Waals surface area contributed by atoms with Crippen LogP contribution in [0.1, 0.15) is 48.8 Å². The lowest BCUT2D eigenvalue weighted by molar-refractivity contribution is -0.749. The van der Waals surface area contributed by atoms with Gasteiger partial charge >= 0.3 is 5.82 Å². The molecule has 22 heavy (non-hydrogen) atoms. The molecule has 1 aromatic heterocycles. The van der Waals surface area contributed by atoms with E-state index in [2.05, 4.69) is 57.6 Å².